The molecule has 1 aromatic carbocycles. The number of aromatic nitrogens is 1. The van der Waals surface area contributed by atoms with Crippen molar-refractivity contribution in [2.75, 3.05) is 7.11 Å². The molecule has 4 heteroatoms. The Morgan fingerprint density at radius 2 is 2.00 bits per heavy atom. The molecule has 4 nitrogen and oxygen atoms in total. The van der Waals surface area contributed by atoms with E-state index in [-0.39, 0.29) is 11.9 Å². The Kier molecular flexibility index (Phi) is 4.71. The highest BCUT2D eigenvalue weighted by atomic mass is 16.5. The predicted octanol–water partition coefficient (Wildman–Crippen LogP) is 2.51. The topological polar surface area (TPSA) is 51.2 Å². The van der Waals surface area contributed by atoms with Crippen molar-refractivity contribution in [3.05, 3.63) is 59.9 Å². The summed E-state index contributed by atoms with van der Waals surface area (Å²) in [4.78, 5) is 16.2. The van der Waals surface area contributed by atoms with Crippen LogP contribution >= 0.6 is 0 Å². The number of nitrogens with zero attached hydrogens (tertiary/aromatic N) is 1. The van der Waals surface area contributed by atoms with Gasteiger partial charge in [0.15, 0.2) is 0 Å². The van der Waals surface area contributed by atoms with Gasteiger partial charge in [0.2, 0.25) is 5.91 Å². The lowest BCUT2D eigenvalue weighted by atomic mass is 10.1. The van der Waals surface area contributed by atoms with Gasteiger partial charge in [-0.3, -0.25) is 9.78 Å². The van der Waals surface area contributed by atoms with E-state index in [1.807, 2.05) is 49.4 Å². The minimum atomic E-state index is -0.128. The maximum absolute atomic E-state index is 12.0. The van der Waals surface area contributed by atoms with Crippen molar-refractivity contribution >= 4 is 5.91 Å². The van der Waals surface area contributed by atoms with Crippen LogP contribution in [0.15, 0.2) is 48.7 Å². The van der Waals surface area contributed by atoms with Gasteiger partial charge in [0.1, 0.15) is 5.75 Å². The highest BCUT2D eigenvalue weighted by Gasteiger charge is 2.11. The van der Waals surface area contributed by atoms with Crippen LogP contribution in [0, 0.1) is 0 Å². The maximum Gasteiger partial charge on any atom is 0.224 e. The van der Waals surface area contributed by atoms with Gasteiger partial charge in [-0.1, -0.05) is 30.3 Å². The number of rotatable bonds is 5. The number of amides is 1. The summed E-state index contributed by atoms with van der Waals surface area (Å²) < 4.78 is 5.06. The van der Waals surface area contributed by atoms with Gasteiger partial charge >= 0.3 is 0 Å². The van der Waals surface area contributed by atoms with E-state index in [1.54, 1.807) is 13.3 Å². The van der Waals surface area contributed by atoms with Gasteiger partial charge in [-0.2, -0.15) is 0 Å². The number of methoxy groups -OCH3 is 1. The van der Waals surface area contributed by atoms with Crippen molar-refractivity contribution in [1.29, 1.82) is 0 Å². The molecule has 2 aromatic rings. The molecule has 0 spiro atoms. The highest BCUT2D eigenvalue weighted by molar-refractivity contribution is 5.78. The molecule has 0 fully saturated rings. The number of nitrogens with one attached hydrogen (secondary N) is 1. The number of carbonyl (C=O) groups excluding carboxylic acids is 1. The molecule has 1 N–H and O–H groups in total. The Hall–Kier alpha value is -2.36. The predicted molar refractivity (Wildman–Crippen MR) is 77.5 cm³/mol. The van der Waals surface area contributed by atoms with Crippen LogP contribution in [0.5, 0.6) is 5.75 Å². The quantitative estimate of drug-likeness (QED) is 0.908. The average molecular weight is 270 g/mol. The molecule has 0 aliphatic rings. The number of carbonyl (C=O) groups is 1. The first-order valence-corrected chi connectivity index (χ1v) is 6.52. The molecule has 0 aliphatic heterocycles. The van der Waals surface area contributed by atoms with Crippen LogP contribution in [0.1, 0.15) is 24.2 Å². The lowest BCUT2D eigenvalue weighted by Crippen LogP contribution is -2.28. The summed E-state index contributed by atoms with van der Waals surface area (Å²) >= 11 is 0. The third-order valence-corrected chi connectivity index (χ3v) is 3.02. The van der Waals surface area contributed by atoms with E-state index in [9.17, 15) is 4.79 Å². The van der Waals surface area contributed by atoms with E-state index >= 15 is 0 Å². The second-order valence-corrected chi connectivity index (χ2v) is 4.57. The Balaban J connectivity index is 1.93. The van der Waals surface area contributed by atoms with Crippen LogP contribution in [0.25, 0.3) is 0 Å². The van der Waals surface area contributed by atoms with Crippen molar-refractivity contribution in [2.24, 2.45) is 0 Å². The summed E-state index contributed by atoms with van der Waals surface area (Å²) in [6.07, 6.45) is 2.02. The van der Waals surface area contributed by atoms with E-state index in [1.165, 1.54) is 0 Å². The molecular weight excluding hydrogens is 252 g/mol. The molecule has 0 bridgehead atoms. The SMILES string of the molecule is COc1ccc([C@@H](C)NC(=O)Cc2ccccc2)nc1. The fourth-order valence-electron chi connectivity index (χ4n) is 1.92. The van der Waals surface area contributed by atoms with Gasteiger partial charge < -0.3 is 10.1 Å². The molecular formula is C16H18N2O2. The summed E-state index contributed by atoms with van der Waals surface area (Å²) in [6.45, 7) is 1.91. The van der Waals surface area contributed by atoms with Crippen LogP contribution in [-0.2, 0) is 11.2 Å². The maximum atomic E-state index is 12.0. The fraction of sp³-hybridized carbons (Fsp3) is 0.250. The van der Waals surface area contributed by atoms with Crippen LogP contribution in [0.4, 0.5) is 0 Å². The molecule has 20 heavy (non-hydrogen) atoms. The first kappa shape index (κ1) is 14.1. The van der Waals surface area contributed by atoms with E-state index < -0.39 is 0 Å². The summed E-state index contributed by atoms with van der Waals surface area (Å²) in [5.74, 6) is 0.692. The van der Waals surface area contributed by atoms with Gasteiger partial charge in [-0.25, -0.2) is 0 Å². The second kappa shape index (κ2) is 6.70. The first-order valence-electron chi connectivity index (χ1n) is 6.52. The zero-order valence-electron chi connectivity index (χ0n) is 11.7. The van der Waals surface area contributed by atoms with Gasteiger partial charge in [0, 0.05) is 0 Å². The molecule has 0 saturated carbocycles. The number of hydrogen-bond acceptors (Lipinski definition) is 3. The number of pyridine rings is 1. The zero-order chi connectivity index (χ0) is 14.4. The molecule has 2 rings (SSSR count). The third kappa shape index (κ3) is 3.82. The summed E-state index contributed by atoms with van der Waals surface area (Å²) in [7, 11) is 1.60. The van der Waals surface area contributed by atoms with E-state index in [0.717, 1.165) is 11.3 Å². The Labute approximate surface area is 118 Å². The Morgan fingerprint density at radius 3 is 2.60 bits per heavy atom. The van der Waals surface area contributed by atoms with Gasteiger partial charge in [0.05, 0.1) is 31.5 Å². The summed E-state index contributed by atoms with van der Waals surface area (Å²) in [6, 6.07) is 13.2. The lowest BCUT2D eigenvalue weighted by molar-refractivity contribution is -0.121. The van der Waals surface area contributed by atoms with Crippen molar-refractivity contribution in [2.45, 2.75) is 19.4 Å². The highest BCUT2D eigenvalue weighted by Crippen LogP contribution is 2.14. The number of hydrogen-bond donors (Lipinski definition) is 1. The van der Waals surface area contributed by atoms with Crippen LogP contribution in [-0.4, -0.2) is 18.0 Å². The Morgan fingerprint density at radius 1 is 1.25 bits per heavy atom. The fourth-order valence-corrected chi connectivity index (χ4v) is 1.92. The van der Waals surface area contributed by atoms with Crippen molar-refractivity contribution in [3.8, 4) is 5.75 Å². The van der Waals surface area contributed by atoms with E-state index in [2.05, 4.69) is 10.3 Å². The van der Waals surface area contributed by atoms with Crippen LogP contribution in [0.3, 0.4) is 0 Å². The molecule has 104 valence electrons. The third-order valence-electron chi connectivity index (χ3n) is 3.02. The molecule has 0 radical (unpaired) electrons. The monoisotopic (exact) mass is 270 g/mol. The molecule has 1 atom stereocenters. The normalized spacial score (nSPS) is 11.7. The minimum Gasteiger partial charge on any atom is -0.495 e. The minimum absolute atomic E-state index is 0.0127. The molecule has 1 aromatic heterocycles. The van der Waals surface area contributed by atoms with Crippen molar-refractivity contribution < 1.29 is 9.53 Å². The molecule has 0 saturated heterocycles. The van der Waals surface area contributed by atoms with Gasteiger partial charge in [-0.15, -0.1) is 0 Å². The van der Waals surface area contributed by atoms with Crippen molar-refractivity contribution in [3.63, 3.8) is 0 Å². The molecule has 0 unspecified atom stereocenters. The van der Waals surface area contributed by atoms with Crippen LogP contribution < -0.4 is 10.1 Å². The Bertz CT molecular complexity index is 552. The average Bonchev–Trinajstić information content (AvgIpc) is 2.48. The molecule has 1 amide bonds. The van der Waals surface area contributed by atoms with Crippen molar-refractivity contribution in [1.82, 2.24) is 10.3 Å². The molecule has 1 heterocycles. The van der Waals surface area contributed by atoms with Gasteiger partial charge in [-0.05, 0) is 24.6 Å². The number of ether oxygens (including phenoxy) is 1. The van der Waals surface area contributed by atoms with Crippen LogP contribution in [0.2, 0.25) is 0 Å². The van der Waals surface area contributed by atoms with E-state index in [4.69, 9.17) is 4.74 Å². The largest absolute Gasteiger partial charge is 0.495 e. The number of benzene rings is 1. The second-order valence-electron chi connectivity index (χ2n) is 4.57. The van der Waals surface area contributed by atoms with E-state index in [0.29, 0.717) is 12.2 Å². The summed E-state index contributed by atoms with van der Waals surface area (Å²) in [5.41, 5.74) is 1.81. The summed E-state index contributed by atoms with van der Waals surface area (Å²) in [5, 5.41) is 2.94. The standard InChI is InChI=1S/C16H18N2O2/c1-12(15-9-8-14(20-2)11-17-15)18-16(19)10-13-6-4-3-5-7-13/h3-9,11-12H,10H2,1-2H3,(H,18,19)/t12-/m1/s1. The smallest absolute Gasteiger partial charge is 0.224 e. The lowest BCUT2D eigenvalue weighted by Gasteiger charge is -2.13. The molecule has 0 aliphatic carbocycles. The van der Waals surface area contributed by atoms with Gasteiger partial charge in [0.25, 0.3) is 0 Å². The first-order chi connectivity index (χ1) is 9.69. The zero-order valence-corrected chi connectivity index (χ0v) is 11.7.